The maximum Gasteiger partial charge on any atom is 0.247 e. The van der Waals surface area contributed by atoms with E-state index in [9.17, 15) is 9.59 Å². The smallest absolute Gasteiger partial charge is 0.247 e. The van der Waals surface area contributed by atoms with Crippen molar-refractivity contribution < 1.29 is 14.3 Å². The van der Waals surface area contributed by atoms with E-state index in [2.05, 4.69) is 40.8 Å². The maximum atomic E-state index is 14.0. The van der Waals surface area contributed by atoms with Gasteiger partial charge in [0.05, 0.1) is 11.6 Å². The van der Waals surface area contributed by atoms with Crippen molar-refractivity contribution in [3.05, 3.63) is 95.1 Å². The molecular weight excluding hydrogens is 490 g/mol. The average molecular weight is 526 g/mol. The van der Waals surface area contributed by atoms with Crippen LogP contribution in [0.4, 0.5) is 0 Å². The van der Waals surface area contributed by atoms with Crippen LogP contribution in [0.3, 0.4) is 0 Å². The highest BCUT2D eigenvalue weighted by molar-refractivity contribution is 5.89. The van der Waals surface area contributed by atoms with Crippen LogP contribution < -0.4 is 5.32 Å². The Hall–Kier alpha value is -4.04. The molecule has 8 nitrogen and oxygen atoms in total. The van der Waals surface area contributed by atoms with Crippen LogP contribution in [0, 0.1) is 13.8 Å². The summed E-state index contributed by atoms with van der Waals surface area (Å²) in [4.78, 5) is 29.5. The Morgan fingerprint density at radius 1 is 1.05 bits per heavy atom. The van der Waals surface area contributed by atoms with Crippen LogP contribution in [0.2, 0.25) is 0 Å². The molecule has 1 aliphatic heterocycles. The first-order valence-corrected chi connectivity index (χ1v) is 13.6. The lowest BCUT2D eigenvalue weighted by Crippen LogP contribution is -2.47. The first kappa shape index (κ1) is 26.6. The molecule has 1 fully saturated rings. The number of hydrogen-bond acceptors (Lipinski definition) is 5. The first-order chi connectivity index (χ1) is 19.0. The summed E-state index contributed by atoms with van der Waals surface area (Å²) < 4.78 is 7.33. The van der Waals surface area contributed by atoms with Gasteiger partial charge in [0.25, 0.3) is 0 Å². The lowest BCUT2D eigenvalue weighted by molar-refractivity contribution is -0.141. The first-order valence-electron chi connectivity index (χ1n) is 13.6. The molecule has 5 rings (SSSR count). The van der Waals surface area contributed by atoms with E-state index in [1.165, 1.54) is 0 Å². The molecule has 0 aliphatic carbocycles. The van der Waals surface area contributed by atoms with E-state index in [1.807, 2.05) is 61.5 Å². The van der Waals surface area contributed by atoms with Gasteiger partial charge in [0.1, 0.15) is 18.1 Å². The summed E-state index contributed by atoms with van der Waals surface area (Å²) in [5.74, 6) is -0.411. The molecule has 2 amide bonds. The Bertz CT molecular complexity index is 1430. The zero-order valence-corrected chi connectivity index (χ0v) is 22.5. The lowest BCUT2D eigenvalue weighted by Gasteiger charge is -2.32. The third kappa shape index (κ3) is 6.52. The van der Waals surface area contributed by atoms with Gasteiger partial charge in [-0.3, -0.25) is 9.59 Å². The van der Waals surface area contributed by atoms with E-state index in [1.54, 1.807) is 9.58 Å². The summed E-state index contributed by atoms with van der Waals surface area (Å²) in [5, 5.41) is 11.5. The van der Waals surface area contributed by atoms with Gasteiger partial charge in [0.15, 0.2) is 0 Å². The number of aromatic nitrogens is 3. The van der Waals surface area contributed by atoms with Crippen LogP contribution >= 0.6 is 0 Å². The molecule has 0 unspecified atom stereocenters. The van der Waals surface area contributed by atoms with Crippen LogP contribution in [0.5, 0.6) is 0 Å². The number of hydrogen-bond donors (Lipinski definition) is 1. The Morgan fingerprint density at radius 3 is 2.64 bits per heavy atom. The van der Waals surface area contributed by atoms with E-state index < -0.39 is 6.04 Å². The van der Waals surface area contributed by atoms with Crippen molar-refractivity contribution in [1.82, 2.24) is 25.2 Å². The molecular formula is C31H35N5O3. The van der Waals surface area contributed by atoms with Crippen molar-refractivity contribution in [2.45, 2.75) is 51.8 Å². The Labute approximate surface area is 229 Å². The van der Waals surface area contributed by atoms with Crippen LogP contribution in [0.15, 0.2) is 72.8 Å². The zero-order valence-electron chi connectivity index (χ0n) is 22.5. The van der Waals surface area contributed by atoms with Gasteiger partial charge in [-0.2, -0.15) is 0 Å². The monoisotopic (exact) mass is 525 g/mol. The van der Waals surface area contributed by atoms with Crippen molar-refractivity contribution in [1.29, 1.82) is 0 Å². The van der Waals surface area contributed by atoms with Crippen LogP contribution in [0.25, 0.3) is 11.0 Å². The largest absolute Gasteiger partial charge is 0.376 e. The second kappa shape index (κ2) is 12.2. The summed E-state index contributed by atoms with van der Waals surface area (Å²) in [7, 11) is 0. The number of para-hydroxylation sites is 1. The molecule has 0 spiro atoms. The van der Waals surface area contributed by atoms with Gasteiger partial charge in [-0.15, -0.1) is 5.10 Å². The number of ether oxygens (including phenoxy) is 1. The number of nitrogens with one attached hydrogen (secondary N) is 1. The highest BCUT2D eigenvalue weighted by Gasteiger charge is 2.32. The third-order valence-electron chi connectivity index (χ3n) is 7.23. The number of aryl methyl sites for hydroxylation is 2. The van der Waals surface area contributed by atoms with Crippen molar-refractivity contribution in [2.75, 3.05) is 19.7 Å². The van der Waals surface area contributed by atoms with E-state index in [0.29, 0.717) is 19.5 Å². The van der Waals surface area contributed by atoms with Crippen LogP contribution in [-0.4, -0.2) is 57.5 Å². The molecule has 202 valence electrons. The summed E-state index contributed by atoms with van der Waals surface area (Å²) >= 11 is 0. The fraction of sp³-hybridized carbons (Fsp3) is 0.355. The molecule has 1 saturated heterocycles. The second-order valence-corrected chi connectivity index (χ2v) is 10.3. The molecule has 8 heteroatoms. The fourth-order valence-electron chi connectivity index (χ4n) is 5.11. The highest BCUT2D eigenvalue weighted by Crippen LogP contribution is 2.24. The lowest BCUT2D eigenvalue weighted by atomic mass is 10.0. The summed E-state index contributed by atoms with van der Waals surface area (Å²) in [6, 6.07) is 22.8. The number of amides is 2. The van der Waals surface area contributed by atoms with E-state index >= 15 is 0 Å². The predicted octanol–water partition coefficient (Wildman–Crippen LogP) is 4.16. The van der Waals surface area contributed by atoms with Gasteiger partial charge in [-0.05, 0) is 56.4 Å². The molecule has 0 radical (unpaired) electrons. The number of rotatable bonds is 10. The molecule has 3 aromatic carbocycles. The molecule has 39 heavy (non-hydrogen) atoms. The molecule has 1 aromatic heterocycles. The molecule has 1 aliphatic rings. The topological polar surface area (TPSA) is 89.4 Å². The third-order valence-corrected chi connectivity index (χ3v) is 7.23. The van der Waals surface area contributed by atoms with Gasteiger partial charge >= 0.3 is 0 Å². The predicted molar refractivity (Wildman–Crippen MR) is 150 cm³/mol. The minimum absolute atomic E-state index is 0.00516. The minimum Gasteiger partial charge on any atom is -0.376 e. The average Bonchev–Trinajstić information content (AvgIpc) is 3.61. The number of benzene rings is 3. The maximum absolute atomic E-state index is 14.0. The molecule has 0 bridgehead atoms. The van der Waals surface area contributed by atoms with Crippen LogP contribution in [-0.2, 0) is 27.3 Å². The number of fused-ring (bicyclic) bond motifs is 1. The quantitative estimate of drug-likeness (QED) is 0.336. The van der Waals surface area contributed by atoms with Crippen molar-refractivity contribution in [3.8, 4) is 0 Å². The fourth-order valence-corrected chi connectivity index (χ4v) is 5.11. The van der Waals surface area contributed by atoms with Crippen molar-refractivity contribution >= 4 is 22.8 Å². The second-order valence-electron chi connectivity index (χ2n) is 10.3. The normalized spacial score (nSPS) is 15.8. The van der Waals surface area contributed by atoms with E-state index in [-0.39, 0.29) is 24.5 Å². The Kier molecular flexibility index (Phi) is 8.32. The summed E-state index contributed by atoms with van der Waals surface area (Å²) in [6.07, 6.45) is 2.54. The minimum atomic E-state index is -0.793. The van der Waals surface area contributed by atoms with Gasteiger partial charge in [-0.25, -0.2) is 4.68 Å². The van der Waals surface area contributed by atoms with Gasteiger partial charge in [0.2, 0.25) is 11.8 Å². The summed E-state index contributed by atoms with van der Waals surface area (Å²) in [6.45, 7) is 5.56. The number of carbonyl (C=O) groups excluding carboxylic acids is 2. The van der Waals surface area contributed by atoms with Crippen LogP contribution in [0.1, 0.15) is 41.1 Å². The van der Waals surface area contributed by atoms with Crippen molar-refractivity contribution in [3.63, 3.8) is 0 Å². The molecule has 4 aromatic rings. The molecule has 2 heterocycles. The Morgan fingerprint density at radius 2 is 1.87 bits per heavy atom. The van der Waals surface area contributed by atoms with Gasteiger partial charge in [-0.1, -0.05) is 77.0 Å². The highest BCUT2D eigenvalue weighted by atomic mass is 16.5. The zero-order chi connectivity index (χ0) is 27.2. The van der Waals surface area contributed by atoms with Gasteiger partial charge < -0.3 is 15.0 Å². The number of nitrogens with zero attached hydrogens (tertiary/aromatic N) is 4. The van der Waals surface area contributed by atoms with Crippen molar-refractivity contribution in [2.24, 2.45) is 0 Å². The standard InChI is InChI=1S/C31H35N5O3/c1-22-12-14-25(15-13-22)30(31(38)32-20-26-9-6-18-39-26)35(17-16-24-8-5-7-23(2)19-24)29(37)21-36-28-11-4-3-10-27(28)33-34-36/h3-5,7-8,10-15,19,26,30H,6,9,16-18,20-21H2,1-2H3,(H,32,38)/t26-,30-/m0/s1. The molecule has 2 atom stereocenters. The van der Waals surface area contributed by atoms with E-state index in [4.69, 9.17) is 4.74 Å². The molecule has 0 saturated carbocycles. The summed E-state index contributed by atoms with van der Waals surface area (Å²) in [5.41, 5.74) is 5.63. The number of carbonyl (C=O) groups is 2. The SMILES string of the molecule is Cc1ccc([C@@H](C(=O)NC[C@@H]2CCCO2)N(CCc2cccc(C)c2)C(=O)Cn2nnc3ccccc32)cc1. The van der Waals surface area contributed by atoms with E-state index in [0.717, 1.165) is 52.7 Å². The Balaban J connectivity index is 1.46. The molecule has 1 N–H and O–H groups in total. The van der Waals surface area contributed by atoms with Gasteiger partial charge in [0, 0.05) is 19.7 Å².